The van der Waals surface area contributed by atoms with Crippen LogP contribution in [0, 0.1) is 23.5 Å². The van der Waals surface area contributed by atoms with E-state index in [9.17, 15) is 27.2 Å². The van der Waals surface area contributed by atoms with Crippen LogP contribution in [0.2, 0.25) is 0 Å². The molecule has 0 atom stereocenters. The van der Waals surface area contributed by atoms with Crippen molar-refractivity contribution in [3.05, 3.63) is 23.5 Å². The van der Waals surface area contributed by atoms with Crippen LogP contribution in [0.4, 0.5) is 23.2 Å². The van der Waals surface area contributed by atoms with E-state index in [1.807, 2.05) is 0 Å². The lowest BCUT2D eigenvalue weighted by atomic mass is 10.2. The van der Waals surface area contributed by atoms with Crippen molar-refractivity contribution in [3.8, 4) is 0 Å². The largest absolute Gasteiger partial charge is 0.363 e. The molecule has 2 amide bonds. The number of nitrogens with one attached hydrogen (secondary N) is 1. The Labute approximate surface area is 134 Å². The Kier molecular flexibility index (Phi) is 4.29. The molecule has 0 aromatic carbocycles. The Hall–Kier alpha value is -2.39. The Bertz CT molecular complexity index is 662. The van der Waals surface area contributed by atoms with Crippen LogP contribution in [0.5, 0.6) is 0 Å². The lowest BCUT2D eigenvalue weighted by Crippen LogP contribution is -2.53. The van der Waals surface area contributed by atoms with E-state index in [4.69, 9.17) is 0 Å². The zero-order chi connectivity index (χ0) is 17.4. The molecule has 24 heavy (non-hydrogen) atoms. The molecule has 1 saturated heterocycles. The summed E-state index contributed by atoms with van der Waals surface area (Å²) in [5, 5.41) is 2.56. The van der Waals surface area contributed by atoms with E-state index in [1.54, 1.807) is 0 Å². The molecule has 1 aliphatic heterocycles. The third kappa shape index (κ3) is 3.13. The zero-order valence-electron chi connectivity index (χ0n) is 12.5. The van der Waals surface area contributed by atoms with Crippen molar-refractivity contribution in [2.24, 2.45) is 0 Å². The summed E-state index contributed by atoms with van der Waals surface area (Å²) >= 11 is 0. The predicted molar refractivity (Wildman–Crippen MR) is 74.0 cm³/mol. The molecule has 2 aliphatic rings. The van der Waals surface area contributed by atoms with Crippen molar-refractivity contribution in [1.82, 2.24) is 15.2 Å². The van der Waals surface area contributed by atoms with Gasteiger partial charge in [-0.1, -0.05) is 0 Å². The maximum atomic E-state index is 13.7. The average molecular weight is 346 g/mol. The third-order valence-corrected chi connectivity index (χ3v) is 3.96. The summed E-state index contributed by atoms with van der Waals surface area (Å²) in [4.78, 5) is 28.5. The molecule has 2 heterocycles. The molecule has 0 spiro atoms. The van der Waals surface area contributed by atoms with Crippen LogP contribution in [-0.2, 0) is 9.59 Å². The van der Waals surface area contributed by atoms with E-state index in [2.05, 4.69) is 10.3 Å². The summed E-state index contributed by atoms with van der Waals surface area (Å²) in [6, 6.07) is 0.0358. The van der Waals surface area contributed by atoms with Crippen molar-refractivity contribution in [2.75, 3.05) is 31.1 Å². The Morgan fingerprint density at radius 2 is 1.50 bits per heavy atom. The van der Waals surface area contributed by atoms with Crippen molar-refractivity contribution >= 4 is 17.5 Å². The Morgan fingerprint density at radius 1 is 0.958 bits per heavy atom. The fourth-order valence-corrected chi connectivity index (χ4v) is 2.51. The highest BCUT2D eigenvalue weighted by molar-refractivity contribution is 6.35. The second kappa shape index (κ2) is 6.25. The maximum Gasteiger partial charge on any atom is 0.312 e. The van der Waals surface area contributed by atoms with E-state index < -0.39 is 41.0 Å². The summed E-state index contributed by atoms with van der Waals surface area (Å²) < 4.78 is 53.8. The molecule has 1 aliphatic carbocycles. The molecule has 3 rings (SSSR count). The van der Waals surface area contributed by atoms with Gasteiger partial charge < -0.3 is 15.1 Å². The SMILES string of the molecule is O=C(NC1CC1)C(=O)N1CCN(c2c(F)c(F)nc(F)c2F)CC1. The van der Waals surface area contributed by atoms with Crippen LogP contribution < -0.4 is 10.2 Å². The number of rotatable bonds is 2. The molecule has 0 unspecified atom stereocenters. The van der Waals surface area contributed by atoms with Crippen LogP contribution in [0.15, 0.2) is 0 Å². The van der Waals surface area contributed by atoms with Crippen molar-refractivity contribution in [2.45, 2.75) is 18.9 Å². The van der Waals surface area contributed by atoms with Crippen LogP contribution in [0.3, 0.4) is 0 Å². The Morgan fingerprint density at radius 3 is 2.00 bits per heavy atom. The van der Waals surface area contributed by atoms with E-state index in [1.165, 1.54) is 4.90 Å². The lowest BCUT2D eigenvalue weighted by Gasteiger charge is -2.35. The quantitative estimate of drug-likeness (QED) is 0.483. The summed E-state index contributed by atoms with van der Waals surface area (Å²) in [6.07, 6.45) is 1.68. The highest BCUT2D eigenvalue weighted by atomic mass is 19.2. The minimum atomic E-state index is -1.73. The van der Waals surface area contributed by atoms with E-state index in [0.717, 1.165) is 17.7 Å². The van der Waals surface area contributed by atoms with Crippen LogP contribution in [0.1, 0.15) is 12.8 Å². The van der Waals surface area contributed by atoms with Crippen molar-refractivity contribution < 1.29 is 27.2 Å². The number of aromatic nitrogens is 1. The van der Waals surface area contributed by atoms with Crippen molar-refractivity contribution in [1.29, 1.82) is 0 Å². The number of nitrogens with zero attached hydrogens (tertiary/aromatic N) is 3. The monoisotopic (exact) mass is 346 g/mol. The number of hydrogen-bond donors (Lipinski definition) is 1. The Balaban J connectivity index is 1.67. The standard InChI is InChI=1S/C14H14F4N4O2/c15-8-10(9(16)12(18)20-11(8)17)21-3-5-22(6-4-21)14(24)13(23)19-7-1-2-7/h7H,1-6H2,(H,19,23). The van der Waals surface area contributed by atoms with Gasteiger partial charge >= 0.3 is 11.8 Å². The molecule has 6 nitrogen and oxygen atoms in total. The first-order chi connectivity index (χ1) is 11.4. The number of pyridine rings is 1. The smallest absolute Gasteiger partial charge is 0.312 e. The molecule has 1 aromatic rings. The highest BCUT2D eigenvalue weighted by Gasteiger charge is 2.33. The third-order valence-electron chi connectivity index (χ3n) is 3.96. The fourth-order valence-electron chi connectivity index (χ4n) is 2.51. The number of anilines is 1. The van der Waals surface area contributed by atoms with E-state index in [-0.39, 0.29) is 32.2 Å². The second-order valence-electron chi connectivity index (χ2n) is 5.70. The van der Waals surface area contributed by atoms with E-state index in [0.29, 0.717) is 0 Å². The summed E-state index contributed by atoms with van der Waals surface area (Å²) in [5.74, 6) is -8.07. The molecule has 0 bridgehead atoms. The molecule has 1 aromatic heterocycles. The van der Waals surface area contributed by atoms with Gasteiger partial charge in [-0.3, -0.25) is 9.59 Å². The van der Waals surface area contributed by atoms with Gasteiger partial charge in [-0.25, -0.2) is 0 Å². The molecule has 130 valence electrons. The number of piperazine rings is 1. The van der Waals surface area contributed by atoms with Gasteiger partial charge in [0.05, 0.1) is 0 Å². The normalized spacial score (nSPS) is 17.8. The van der Waals surface area contributed by atoms with Crippen LogP contribution in [-0.4, -0.2) is 53.9 Å². The molecule has 0 radical (unpaired) electrons. The zero-order valence-corrected chi connectivity index (χ0v) is 12.5. The molecule has 1 N–H and O–H groups in total. The molecule has 10 heteroatoms. The van der Waals surface area contributed by atoms with Gasteiger partial charge in [-0.15, -0.1) is 0 Å². The van der Waals surface area contributed by atoms with Gasteiger partial charge in [0.25, 0.3) is 11.9 Å². The van der Waals surface area contributed by atoms with Crippen molar-refractivity contribution in [3.63, 3.8) is 0 Å². The first-order valence-electron chi connectivity index (χ1n) is 7.43. The average Bonchev–Trinajstić information content (AvgIpc) is 3.37. The van der Waals surface area contributed by atoms with Crippen LogP contribution >= 0.6 is 0 Å². The first-order valence-corrected chi connectivity index (χ1v) is 7.43. The molecular formula is C14H14F4N4O2. The predicted octanol–water partition coefficient (Wildman–Crippen LogP) is 0.565. The molecular weight excluding hydrogens is 332 g/mol. The summed E-state index contributed by atoms with van der Waals surface area (Å²) in [6.45, 7) is -0.138. The van der Waals surface area contributed by atoms with Gasteiger partial charge in [0.15, 0.2) is 0 Å². The number of amides is 2. The molecule has 1 saturated carbocycles. The second-order valence-corrected chi connectivity index (χ2v) is 5.70. The number of carbonyl (C=O) groups excluding carboxylic acids is 2. The minimum Gasteiger partial charge on any atom is -0.363 e. The van der Waals surface area contributed by atoms with Gasteiger partial charge in [-0.2, -0.15) is 22.5 Å². The maximum absolute atomic E-state index is 13.7. The lowest BCUT2D eigenvalue weighted by molar-refractivity contribution is -0.146. The summed E-state index contributed by atoms with van der Waals surface area (Å²) in [7, 11) is 0. The van der Waals surface area contributed by atoms with E-state index >= 15 is 0 Å². The minimum absolute atomic E-state index is 0.00135. The first kappa shape index (κ1) is 16.5. The van der Waals surface area contributed by atoms with Gasteiger partial charge in [0.1, 0.15) is 5.69 Å². The number of carbonyl (C=O) groups is 2. The van der Waals surface area contributed by atoms with Gasteiger partial charge in [0.2, 0.25) is 11.6 Å². The summed E-state index contributed by atoms with van der Waals surface area (Å²) in [5.41, 5.74) is -0.852. The topological polar surface area (TPSA) is 65.5 Å². The number of hydrogen-bond acceptors (Lipinski definition) is 4. The van der Waals surface area contributed by atoms with Gasteiger partial charge in [0, 0.05) is 32.2 Å². The van der Waals surface area contributed by atoms with Gasteiger partial charge in [-0.05, 0) is 12.8 Å². The molecule has 2 fully saturated rings. The number of halogens is 4. The fraction of sp³-hybridized carbons (Fsp3) is 0.500. The highest BCUT2D eigenvalue weighted by Crippen LogP contribution is 2.27. The van der Waals surface area contributed by atoms with Crippen LogP contribution in [0.25, 0.3) is 0 Å².